The molecule has 2 heterocycles. The standard InChI is InChI=1S/C22H23ClN4/c1-27-15-16(18-5-2-3-6-22(18)27)14-24-10-4-11-25-20-9-12-26-21-13-17(23)7-8-19(20)21/h2-3,5-9,12-13,15,24H,4,10-11,14H2,1H3,(H,25,26). The van der Waals surface area contributed by atoms with Crippen molar-refractivity contribution in [1.82, 2.24) is 14.9 Å². The molecule has 0 unspecified atom stereocenters. The number of aromatic nitrogens is 2. The maximum absolute atomic E-state index is 6.05. The lowest BCUT2D eigenvalue weighted by Crippen LogP contribution is -2.17. The van der Waals surface area contributed by atoms with Crippen LogP contribution in [0.5, 0.6) is 0 Å². The van der Waals surface area contributed by atoms with Gasteiger partial charge in [-0.25, -0.2) is 0 Å². The van der Waals surface area contributed by atoms with Crippen LogP contribution in [0.2, 0.25) is 5.02 Å². The van der Waals surface area contributed by atoms with Crippen LogP contribution in [0.1, 0.15) is 12.0 Å². The molecule has 0 radical (unpaired) electrons. The minimum atomic E-state index is 0.713. The number of hydrogen-bond acceptors (Lipinski definition) is 3. The highest BCUT2D eigenvalue weighted by atomic mass is 35.5. The number of aryl methyl sites for hydroxylation is 1. The van der Waals surface area contributed by atoms with E-state index in [4.69, 9.17) is 11.6 Å². The Hall–Kier alpha value is -2.56. The van der Waals surface area contributed by atoms with Gasteiger partial charge in [0.1, 0.15) is 0 Å². The summed E-state index contributed by atoms with van der Waals surface area (Å²) in [6.45, 7) is 2.76. The number of pyridine rings is 1. The minimum Gasteiger partial charge on any atom is -0.384 e. The molecule has 4 rings (SSSR count). The first-order chi connectivity index (χ1) is 13.2. The van der Waals surface area contributed by atoms with Crippen LogP contribution in [0.3, 0.4) is 0 Å². The molecule has 2 N–H and O–H groups in total. The molecular weight excluding hydrogens is 356 g/mol. The van der Waals surface area contributed by atoms with E-state index in [0.717, 1.165) is 42.6 Å². The Bertz CT molecular complexity index is 1070. The van der Waals surface area contributed by atoms with Gasteiger partial charge >= 0.3 is 0 Å². The average Bonchev–Trinajstić information content (AvgIpc) is 3.00. The molecular formula is C22H23ClN4. The zero-order valence-corrected chi connectivity index (χ0v) is 16.1. The van der Waals surface area contributed by atoms with Crippen LogP contribution < -0.4 is 10.6 Å². The van der Waals surface area contributed by atoms with Crippen LogP contribution in [-0.4, -0.2) is 22.6 Å². The number of nitrogens with zero attached hydrogens (tertiary/aromatic N) is 2. The summed E-state index contributed by atoms with van der Waals surface area (Å²) in [7, 11) is 2.10. The van der Waals surface area contributed by atoms with Gasteiger partial charge in [-0.3, -0.25) is 4.98 Å². The van der Waals surface area contributed by atoms with Crippen molar-refractivity contribution in [2.24, 2.45) is 7.05 Å². The second-order valence-electron chi connectivity index (χ2n) is 6.76. The fourth-order valence-corrected chi connectivity index (χ4v) is 3.67. The predicted octanol–water partition coefficient (Wildman–Crippen LogP) is 4.97. The molecule has 0 saturated heterocycles. The zero-order chi connectivity index (χ0) is 18.6. The van der Waals surface area contributed by atoms with Crippen LogP contribution in [0.15, 0.2) is 60.9 Å². The Morgan fingerprint density at radius 2 is 1.93 bits per heavy atom. The van der Waals surface area contributed by atoms with Crippen molar-refractivity contribution in [2.75, 3.05) is 18.4 Å². The number of nitrogens with one attached hydrogen (secondary N) is 2. The van der Waals surface area contributed by atoms with Crippen LogP contribution in [-0.2, 0) is 13.6 Å². The molecule has 2 aromatic heterocycles. The van der Waals surface area contributed by atoms with E-state index in [1.54, 1.807) is 0 Å². The van der Waals surface area contributed by atoms with Gasteiger partial charge in [0.05, 0.1) is 5.52 Å². The number of fused-ring (bicyclic) bond motifs is 2. The first-order valence-corrected chi connectivity index (χ1v) is 9.62. The quantitative estimate of drug-likeness (QED) is 0.446. The van der Waals surface area contributed by atoms with Crippen molar-refractivity contribution in [3.8, 4) is 0 Å². The highest BCUT2D eigenvalue weighted by Crippen LogP contribution is 2.24. The molecule has 27 heavy (non-hydrogen) atoms. The summed E-state index contributed by atoms with van der Waals surface area (Å²) in [5.74, 6) is 0. The zero-order valence-electron chi connectivity index (χ0n) is 15.4. The smallest absolute Gasteiger partial charge is 0.0737 e. The normalized spacial score (nSPS) is 11.3. The van der Waals surface area contributed by atoms with Gasteiger partial charge in [0.25, 0.3) is 0 Å². The van der Waals surface area contributed by atoms with Crippen molar-refractivity contribution in [2.45, 2.75) is 13.0 Å². The molecule has 0 aliphatic rings. The van der Waals surface area contributed by atoms with Gasteiger partial charge in [0.2, 0.25) is 0 Å². The lowest BCUT2D eigenvalue weighted by Gasteiger charge is -2.10. The number of halogens is 1. The largest absolute Gasteiger partial charge is 0.384 e. The average molecular weight is 379 g/mol. The van der Waals surface area contributed by atoms with Crippen molar-refractivity contribution in [3.63, 3.8) is 0 Å². The van der Waals surface area contributed by atoms with Crippen LogP contribution in [0, 0.1) is 0 Å². The van der Waals surface area contributed by atoms with Crippen LogP contribution in [0.25, 0.3) is 21.8 Å². The SMILES string of the molecule is Cn1cc(CNCCCNc2ccnc3cc(Cl)ccc23)c2ccccc21. The van der Waals surface area contributed by atoms with Gasteiger partial charge in [0.15, 0.2) is 0 Å². The van der Waals surface area contributed by atoms with Crippen LogP contribution >= 0.6 is 11.6 Å². The predicted molar refractivity (Wildman–Crippen MR) is 114 cm³/mol. The number of rotatable bonds is 7. The fraction of sp³-hybridized carbons (Fsp3) is 0.227. The summed E-state index contributed by atoms with van der Waals surface area (Å²) < 4.78 is 2.19. The Labute approximate surface area is 164 Å². The summed E-state index contributed by atoms with van der Waals surface area (Å²) >= 11 is 6.05. The third kappa shape index (κ3) is 3.92. The number of anilines is 1. The molecule has 4 aromatic rings. The van der Waals surface area contributed by atoms with E-state index in [1.165, 1.54) is 16.5 Å². The Morgan fingerprint density at radius 3 is 2.85 bits per heavy atom. The van der Waals surface area contributed by atoms with Crippen molar-refractivity contribution < 1.29 is 0 Å². The molecule has 5 heteroatoms. The summed E-state index contributed by atoms with van der Waals surface area (Å²) in [5.41, 5.74) is 4.64. The van der Waals surface area contributed by atoms with Crippen LogP contribution in [0.4, 0.5) is 5.69 Å². The van der Waals surface area contributed by atoms with Crippen molar-refractivity contribution >= 4 is 39.1 Å². The molecule has 0 saturated carbocycles. The Balaban J connectivity index is 1.29. The molecule has 0 bridgehead atoms. The number of hydrogen-bond donors (Lipinski definition) is 2. The fourth-order valence-electron chi connectivity index (χ4n) is 3.50. The lowest BCUT2D eigenvalue weighted by atomic mass is 10.2. The molecule has 0 atom stereocenters. The van der Waals surface area contributed by atoms with E-state index in [9.17, 15) is 0 Å². The molecule has 0 amide bonds. The minimum absolute atomic E-state index is 0.713. The Kier molecular flexibility index (Phi) is 5.28. The third-order valence-corrected chi connectivity index (χ3v) is 5.08. The summed E-state index contributed by atoms with van der Waals surface area (Å²) in [4.78, 5) is 4.38. The van der Waals surface area contributed by atoms with Crippen molar-refractivity contribution in [3.05, 3.63) is 71.5 Å². The second kappa shape index (κ2) is 7.99. The van der Waals surface area contributed by atoms with E-state index in [1.807, 2.05) is 30.5 Å². The van der Waals surface area contributed by atoms with E-state index in [2.05, 4.69) is 57.7 Å². The highest BCUT2D eigenvalue weighted by Gasteiger charge is 2.05. The summed E-state index contributed by atoms with van der Waals surface area (Å²) in [5, 5.41) is 10.2. The lowest BCUT2D eigenvalue weighted by molar-refractivity contribution is 0.664. The molecule has 0 spiro atoms. The monoisotopic (exact) mass is 378 g/mol. The highest BCUT2D eigenvalue weighted by molar-refractivity contribution is 6.31. The van der Waals surface area contributed by atoms with Gasteiger partial charge in [-0.2, -0.15) is 0 Å². The van der Waals surface area contributed by atoms with Gasteiger partial charge in [-0.15, -0.1) is 0 Å². The van der Waals surface area contributed by atoms with Gasteiger partial charge in [-0.05, 0) is 48.9 Å². The Morgan fingerprint density at radius 1 is 1.04 bits per heavy atom. The topological polar surface area (TPSA) is 41.9 Å². The van der Waals surface area contributed by atoms with E-state index < -0.39 is 0 Å². The van der Waals surface area contributed by atoms with E-state index in [0.29, 0.717) is 5.02 Å². The van der Waals surface area contributed by atoms with E-state index >= 15 is 0 Å². The maximum atomic E-state index is 6.05. The second-order valence-corrected chi connectivity index (χ2v) is 7.20. The molecule has 0 aliphatic heterocycles. The molecule has 138 valence electrons. The summed E-state index contributed by atoms with van der Waals surface area (Å²) in [6.07, 6.45) is 5.08. The maximum Gasteiger partial charge on any atom is 0.0737 e. The summed E-state index contributed by atoms with van der Waals surface area (Å²) in [6, 6.07) is 16.4. The first-order valence-electron chi connectivity index (χ1n) is 9.24. The van der Waals surface area contributed by atoms with Gasteiger partial charge < -0.3 is 15.2 Å². The molecule has 0 fully saturated rings. The first kappa shape index (κ1) is 17.8. The third-order valence-electron chi connectivity index (χ3n) is 4.85. The van der Waals surface area contributed by atoms with Gasteiger partial charge in [0, 0.05) is 59.5 Å². The number of benzene rings is 2. The molecule has 2 aromatic carbocycles. The molecule has 0 aliphatic carbocycles. The number of para-hydroxylation sites is 1. The van der Waals surface area contributed by atoms with Gasteiger partial charge in [-0.1, -0.05) is 29.8 Å². The molecule has 4 nitrogen and oxygen atoms in total. The van der Waals surface area contributed by atoms with Crippen molar-refractivity contribution in [1.29, 1.82) is 0 Å². The van der Waals surface area contributed by atoms with E-state index in [-0.39, 0.29) is 0 Å².